The average Bonchev–Trinajstić information content (AvgIpc) is 2.49. The molecule has 0 aliphatic rings. The van der Waals surface area contributed by atoms with E-state index in [-0.39, 0.29) is 12.5 Å². The number of hydrogen-bond acceptors (Lipinski definition) is 5. The molecular weight excluding hydrogens is 266 g/mol. The maximum atomic E-state index is 9.19. The first-order valence-corrected chi connectivity index (χ1v) is 6.99. The molecule has 21 heavy (non-hydrogen) atoms. The van der Waals surface area contributed by atoms with Crippen LogP contribution in [0.25, 0.3) is 0 Å². The van der Waals surface area contributed by atoms with Gasteiger partial charge in [-0.3, -0.25) is 0 Å². The fourth-order valence-electron chi connectivity index (χ4n) is 1.93. The van der Waals surface area contributed by atoms with Gasteiger partial charge in [-0.1, -0.05) is 26.0 Å². The second-order valence-corrected chi connectivity index (χ2v) is 5.17. The zero-order valence-corrected chi connectivity index (χ0v) is 12.8. The highest BCUT2D eigenvalue weighted by atomic mass is 16.5. The van der Waals surface area contributed by atoms with Crippen LogP contribution in [-0.4, -0.2) is 22.1 Å². The number of nitrogens with one attached hydrogen (secondary N) is 1. The van der Waals surface area contributed by atoms with E-state index in [2.05, 4.69) is 15.3 Å². The molecule has 0 radical (unpaired) electrons. The molecule has 1 aromatic carbocycles. The van der Waals surface area contributed by atoms with Crippen molar-refractivity contribution in [1.29, 1.82) is 0 Å². The smallest absolute Gasteiger partial charge is 0.227 e. The second-order valence-electron chi connectivity index (χ2n) is 5.17. The molecule has 0 spiro atoms. The lowest BCUT2D eigenvalue weighted by molar-refractivity contribution is 0.281. The Balaban J connectivity index is 2.40. The summed E-state index contributed by atoms with van der Waals surface area (Å²) >= 11 is 0. The van der Waals surface area contributed by atoms with Gasteiger partial charge in [-0.25, -0.2) is 4.98 Å². The number of aromatic nitrogens is 2. The van der Waals surface area contributed by atoms with E-state index in [9.17, 15) is 5.11 Å². The summed E-state index contributed by atoms with van der Waals surface area (Å²) in [5.74, 6) is 2.90. The van der Waals surface area contributed by atoms with E-state index in [0.29, 0.717) is 11.6 Å². The Bertz CT molecular complexity index is 627. The van der Waals surface area contributed by atoms with Gasteiger partial charge in [0.2, 0.25) is 5.88 Å². The molecule has 112 valence electrons. The molecule has 0 amide bonds. The van der Waals surface area contributed by atoms with Crippen molar-refractivity contribution in [1.82, 2.24) is 9.97 Å². The topological polar surface area (TPSA) is 67.3 Å². The van der Waals surface area contributed by atoms with Crippen molar-refractivity contribution in [2.75, 3.05) is 12.4 Å². The van der Waals surface area contributed by atoms with Crippen LogP contribution in [0.1, 0.15) is 36.7 Å². The molecule has 2 aromatic rings. The van der Waals surface area contributed by atoms with Crippen LogP contribution in [0.2, 0.25) is 0 Å². The summed E-state index contributed by atoms with van der Waals surface area (Å²) in [5.41, 5.74) is 1.66. The van der Waals surface area contributed by atoms with Gasteiger partial charge in [-0.2, -0.15) is 4.98 Å². The first kappa shape index (κ1) is 15.3. The molecule has 0 fully saturated rings. The summed E-state index contributed by atoms with van der Waals surface area (Å²) in [4.78, 5) is 8.98. The first-order valence-electron chi connectivity index (χ1n) is 6.99. The van der Waals surface area contributed by atoms with Crippen molar-refractivity contribution in [3.05, 3.63) is 41.2 Å². The van der Waals surface area contributed by atoms with Crippen LogP contribution in [-0.2, 0) is 6.61 Å². The standard InChI is InChI=1S/C16H21N3O2/c1-10(2)14-18-15(17-4)11(3)16(19-14)21-13-7-5-6-12(8-13)9-20/h5-8,10,20H,9H2,1-4H3,(H,17,18,19). The third-order valence-corrected chi connectivity index (χ3v) is 3.17. The maximum absolute atomic E-state index is 9.19. The summed E-state index contributed by atoms with van der Waals surface area (Å²) in [5, 5.41) is 12.3. The summed E-state index contributed by atoms with van der Waals surface area (Å²) in [6, 6.07) is 7.34. The minimum Gasteiger partial charge on any atom is -0.439 e. The largest absolute Gasteiger partial charge is 0.439 e. The average molecular weight is 287 g/mol. The quantitative estimate of drug-likeness (QED) is 0.883. The molecular formula is C16H21N3O2. The third-order valence-electron chi connectivity index (χ3n) is 3.17. The van der Waals surface area contributed by atoms with E-state index >= 15 is 0 Å². The number of rotatable bonds is 5. The zero-order chi connectivity index (χ0) is 15.4. The Morgan fingerprint density at radius 1 is 1.29 bits per heavy atom. The number of aliphatic hydroxyl groups is 1. The molecule has 2 rings (SSSR count). The molecule has 0 atom stereocenters. The van der Waals surface area contributed by atoms with E-state index in [0.717, 1.165) is 22.8 Å². The van der Waals surface area contributed by atoms with E-state index in [1.54, 1.807) is 6.07 Å². The van der Waals surface area contributed by atoms with E-state index in [1.165, 1.54) is 0 Å². The summed E-state index contributed by atoms with van der Waals surface area (Å²) < 4.78 is 5.88. The Kier molecular flexibility index (Phi) is 4.75. The van der Waals surface area contributed by atoms with Crippen LogP contribution in [0.3, 0.4) is 0 Å². The van der Waals surface area contributed by atoms with Crippen molar-refractivity contribution in [2.24, 2.45) is 0 Å². The zero-order valence-electron chi connectivity index (χ0n) is 12.8. The number of hydrogen-bond donors (Lipinski definition) is 2. The van der Waals surface area contributed by atoms with Crippen LogP contribution in [0, 0.1) is 6.92 Å². The normalized spacial score (nSPS) is 10.8. The lowest BCUT2D eigenvalue weighted by Crippen LogP contribution is -2.06. The third kappa shape index (κ3) is 3.49. The van der Waals surface area contributed by atoms with Gasteiger partial charge in [0.1, 0.15) is 17.4 Å². The molecule has 1 heterocycles. The molecule has 0 aliphatic carbocycles. The molecule has 0 unspecified atom stereocenters. The number of nitrogens with zero attached hydrogens (tertiary/aromatic N) is 2. The number of aliphatic hydroxyl groups excluding tert-OH is 1. The van der Waals surface area contributed by atoms with Gasteiger partial charge < -0.3 is 15.2 Å². The fourth-order valence-corrected chi connectivity index (χ4v) is 1.93. The second kappa shape index (κ2) is 6.54. The minimum atomic E-state index is -0.0149. The number of ether oxygens (including phenoxy) is 1. The van der Waals surface area contributed by atoms with Gasteiger partial charge in [0, 0.05) is 13.0 Å². The summed E-state index contributed by atoms with van der Waals surface area (Å²) in [6.07, 6.45) is 0. The van der Waals surface area contributed by atoms with E-state index in [1.807, 2.05) is 46.0 Å². The molecule has 0 saturated carbocycles. The van der Waals surface area contributed by atoms with Gasteiger partial charge in [0.05, 0.1) is 12.2 Å². The molecule has 2 N–H and O–H groups in total. The van der Waals surface area contributed by atoms with Crippen LogP contribution in [0.15, 0.2) is 24.3 Å². The number of anilines is 1. The van der Waals surface area contributed by atoms with E-state index in [4.69, 9.17) is 4.74 Å². The van der Waals surface area contributed by atoms with Gasteiger partial charge >= 0.3 is 0 Å². The fraction of sp³-hybridized carbons (Fsp3) is 0.375. The predicted octanol–water partition coefficient (Wildman–Crippen LogP) is 3.23. The Morgan fingerprint density at radius 2 is 2.05 bits per heavy atom. The Hall–Kier alpha value is -2.14. The van der Waals surface area contributed by atoms with Crippen molar-refractivity contribution in [2.45, 2.75) is 33.3 Å². The van der Waals surface area contributed by atoms with Crippen molar-refractivity contribution in [3.8, 4) is 11.6 Å². The highest BCUT2D eigenvalue weighted by Crippen LogP contribution is 2.29. The lowest BCUT2D eigenvalue weighted by Gasteiger charge is -2.14. The van der Waals surface area contributed by atoms with Crippen LogP contribution < -0.4 is 10.1 Å². The highest BCUT2D eigenvalue weighted by molar-refractivity contribution is 5.49. The van der Waals surface area contributed by atoms with Gasteiger partial charge in [0.25, 0.3) is 0 Å². The molecule has 0 aliphatic heterocycles. The van der Waals surface area contributed by atoms with Gasteiger partial charge in [-0.05, 0) is 24.6 Å². The molecule has 5 heteroatoms. The first-order chi connectivity index (χ1) is 10.0. The van der Waals surface area contributed by atoms with E-state index < -0.39 is 0 Å². The molecule has 0 bridgehead atoms. The Morgan fingerprint density at radius 3 is 2.67 bits per heavy atom. The predicted molar refractivity (Wildman–Crippen MR) is 82.8 cm³/mol. The van der Waals surface area contributed by atoms with Gasteiger partial charge in [-0.15, -0.1) is 0 Å². The summed E-state index contributed by atoms with van der Waals surface area (Å²) in [7, 11) is 1.83. The highest BCUT2D eigenvalue weighted by Gasteiger charge is 2.14. The monoisotopic (exact) mass is 287 g/mol. The lowest BCUT2D eigenvalue weighted by atomic mass is 10.2. The van der Waals surface area contributed by atoms with Gasteiger partial charge in [0.15, 0.2) is 0 Å². The maximum Gasteiger partial charge on any atom is 0.227 e. The SMILES string of the molecule is CNc1nc(C(C)C)nc(Oc2cccc(CO)c2)c1C. The van der Waals surface area contributed by atoms with Crippen molar-refractivity contribution in [3.63, 3.8) is 0 Å². The molecule has 5 nitrogen and oxygen atoms in total. The molecule has 0 saturated heterocycles. The van der Waals surface area contributed by atoms with Crippen LogP contribution in [0.4, 0.5) is 5.82 Å². The minimum absolute atomic E-state index is 0.0149. The van der Waals surface area contributed by atoms with Crippen molar-refractivity contribution >= 4 is 5.82 Å². The van der Waals surface area contributed by atoms with Crippen LogP contribution in [0.5, 0.6) is 11.6 Å². The molecule has 1 aromatic heterocycles. The van der Waals surface area contributed by atoms with Crippen molar-refractivity contribution < 1.29 is 9.84 Å². The summed E-state index contributed by atoms with van der Waals surface area (Å²) in [6.45, 7) is 5.99. The number of benzene rings is 1. The Labute approximate surface area is 125 Å². The van der Waals surface area contributed by atoms with Crippen LogP contribution >= 0.6 is 0 Å².